The summed E-state index contributed by atoms with van der Waals surface area (Å²) < 4.78 is 5.25. The minimum atomic E-state index is -0.0792. The molecule has 94 valence electrons. The largest absolute Gasteiger partial charge is 0.378 e. The lowest BCUT2D eigenvalue weighted by Gasteiger charge is -2.20. The van der Waals surface area contributed by atoms with Crippen molar-refractivity contribution in [2.75, 3.05) is 32.8 Å². The van der Waals surface area contributed by atoms with Crippen molar-refractivity contribution in [1.82, 2.24) is 14.9 Å². The zero-order valence-corrected chi connectivity index (χ0v) is 10.0. The predicted octanol–water partition coefficient (Wildman–Crippen LogP) is -0.0860. The Morgan fingerprint density at radius 2 is 2.12 bits per heavy atom. The number of carbonyl (C=O) groups excluding carboxylic acids is 1. The summed E-state index contributed by atoms with van der Waals surface area (Å²) in [5, 5.41) is 0. The monoisotopic (exact) mass is 238 g/mol. The first-order valence-corrected chi connectivity index (χ1v) is 5.61. The number of ether oxygens (including phenoxy) is 1. The van der Waals surface area contributed by atoms with Crippen molar-refractivity contribution >= 4 is 5.91 Å². The standard InChI is InChI=1S/C11H18N4O2/c1-2-15(4-6-17-5-3-12)11(16)10-7-13-9-14-8-10/h7-9H,2-6,12H2,1H3. The molecule has 0 fully saturated rings. The second-order valence-corrected chi connectivity index (χ2v) is 3.41. The molecule has 1 aromatic heterocycles. The van der Waals surface area contributed by atoms with Crippen molar-refractivity contribution in [1.29, 1.82) is 0 Å². The Balaban J connectivity index is 2.47. The van der Waals surface area contributed by atoms with Crippen molar-refractivity contribution < 1.29 is 9.53 Å². The number of hydrogen-bond acceptors (Lipinski definition) is 5. The van der Waals surface area contributed by atoms with Crippen LogP contribution >= 0.6 is 0 Å². The molecule has 0 unspecified atom stereocenters. The zero-order chi connectivity index (χ0) is 12.5. The van der Waals surface area contributed by atoms with Gasteiger partial charge in [0, 0.05) is 32.0 Å². The molecule has 0 spiro atoms. The molecular formula is C11H18N4O2. The summed E-state index contributed by atoms with van der Waals surface area (Å²) >= 11 is 0. The summed E-state index contributed by atoms with van der Waals surface area (Å²) in [5.74, 6) is -0.0792. The molecule has 0 saturated carbocycles. The van der Waals surface area contributed by atoms with Crippen molar-refractivity contribution in [2.24, 2.45) is 5.73 Å². The van der Waals surface area contributed by atoms with E-state index < -0.39 is 0 Å². The summed E-state index contributed by atoms with van der Waals surface area (Å²) in [6, 6.07) is 0. The Morgan fingerprint density at radius 3 is 2.71 bits per heavy atom. The molecule has 0 radical (unpaired) electrons. The summed E-state index contributed by atoms with van der Waals surface area (Å²) in [4.78, 5) is 21.3. The smallest absolute Gasteiger partial charge is 0.257 e. The summed E-state index contributed by atoms with van der Waals surface area (Å²) in [6.07, 6.45) is 4.43. The fourth-order valence-electron chi connectivity index (χ4n) is 1.36. The van der Waals surface area contributed by atoms with Crippen LogP contribution < -0.4 is 5.73 Å². The van der Waals surface area contributed by atoms with Gasteiger partial charge in [-0.3, -0.25) is 4.79 Å². The third-order valence-corrected chi connectivity index (χ3v) is 2.24. The molecular weight excluding hydrogens is 220 g/mol. The van der Waals surface area contributed by atoms with Crippen LogP contribution in [0, 0.1) is 0 Å². The molecule has 1 aromatic rings. The van der Waals surface area contributed by atoms with E-state index in [-0.39, 0.29) is 5.91 Å². The summed E-state index contributed by atoms with van der Waals surface area (Å²) in [5.41, 5.74) is 5.80. The summed E-state index contributed by atoms with van der Waals surface area (Å²) in [6.45, 7) is 4.59. The number of carbonyl (C=O) groups is 1. The van der Waals surface area contributed by atoms with E-state index in [1.807, 2.05) is 6.92 Å². The van der Waals surface area contributed by atoms with Gasteiger partial charge in [-0.2, -0.15) is 0 Å². The molecule has 0 aromatic carbocycles. The third-order valence-electron chi connectivity index (χ3n) is 2.24. The van der Waals surface area contributed by atoms with E-state index in [1.165, 1.54) is 18.7 Å². The van der Waals surface area contributed by atoms with Crippen molar-refractivity contribution in [3.05, 3.63) is 24.3 Å². The van der Waals surface area contributed by atoms with Crippen LogP contribution in [0.5, 0.6) is 0 Å². The van der Waals surface area contributed by atoms with Gasteiger partial charge in [-0.25, -0.2) is 9.97 Å². The van der Waals surface area contributed by atoms with Crippen LogP contribution in [0.15, 0.2) is 18.7 Å². The average molecular weight is 238 g/mol. The molecule has 0 aliphatic heterocycles. The molecule has 17 heavy (non-hydrogen) atoms. The number of rotatable bonds is 7. The van der Waals surface area contributed by atoms with Crippen LogP contribution in [0.3, 0.4) is 0 Å². The maximum absolute atomic E-state index is 12.0. The summed E-state index contributed by atoms with van der Waals surface area (Å²) in [7, 11) is 0. The first kappa shape index (κ1) is 13.5. The normalized spacial score (nSPS) is 10.2. The molecule has 0 saturated heterocycles. The van der Waals surface area contributed by atoms with E-state index in [0.29, 0.717) is 38.4 Å². The van der Waals surface area contributed by atoms with Crippen LogP contribution in [0.25, 0.3) is 0 Å². The van der Waals surface area contributed by atoms with Crippen LogP contribution in [0.1, 0.15) is 17.3 Å². The Bertz CT molecular complexity index is 332. The minimum absolute atomic E-state index is 0.0792. The van der Waals surface area contributed by atoms with Crippen LogP contribution in [-0.4, -0.2) is 53.6 Å². The van der Waals surface area contributed by atoms with Gasteiger partial charge in [0.1, 0.15) is 6.33 Å². The second kappa shape index (κ2) is 7.70. The maximum atomic E-state index is 12.0. The Morgan fingerprint density at radius 1 is 1.41 bits per heavy atom. The Labute approximate surface area is 101 Å². The molecule has 6 heteroatoms. The fraction of sp³-hybridized carbons (Fsp3) is 0.545. The molecule has 1 rings (SSSR count). The highest BCUT2D eigenvalue weighted by atomic mass is 16.5. The van der Waals surface area contributed by atoms with Crippen LogP contribution in [0.4, 0.5) is 0 Å². The fourth-order valence-corrected chi connectivity index (χ4v) is 1.36. The highest BCUT2D eigenvalue weighted by molar-refractivity contribution is 5.93. The lowest BCUT2D eigenvalue weighted by atomic mass is 10.3. The lowest BCUT2D eigenvalue weighted by molar-refractivity contribution is 0.0662. The van der Waals surface area contributed by atoms with Gasteiger partial charge in [0.05, 0.1) is 18.8 Å². The number of aromatic nitrogens is 2. The van der Waals surface area contributed by atoms with E-state index in [2.05, 4.69) is 9.97 Å². The topological polar surface area (TPSA) is 81.3 Å². The SMILES string of the molecule is CCN(CCOCCN)C(=O)c1cncnc1. The molecule has 0 atom stereocenters. The second-order valence-electron chi connectivity index (χ2n) is 3.41. The molecule has 1 heterocycles. The molecule has 6 nitrogen and oxygen atoms in total. The van der Waals surface area contributed by atoms with Gasteiger partial charge in [0.2, 0.25) is 0 Å². The van der Waals surface area contributed by atoms with Gasteiger partial charge in [0.25, 0.3) is 5.91 Å². The van der Waals surface area contributed by atoms with Crippen molar-refractivity contribution in [3.63, 3.8) is 0 Å². The lowest BCUT2D eigenvalue weighted by Crippen LogP contribution is -2.34. The average Bonchev–Trinajstić information content (AvgIpc) is 2.39. The number of nitrogens with two attached hydrogens (primary N) is 1. The van der Waals surface area contributed by atoms with E-state index in [0.717, 1.165) is 0 Å². The van der Waals surface area contributed by atoms with Gasteiger partial charge in [-0.05, 0) is 6.92 Å². The van der Waals surface area contributed by atoms with Gasteiger partial charge in [-0.1, -0.05) is 0 Å². The Kier molecular flexibility index (Phi) is 6.13. The van der Waals surface area contributed by atoms with Crippen LogP contribution in [0.2, 0.25) is 0 Å². The van der Waals surface area contributed by atoms with Crippen LogP contribution in [-0.2, 0) is 4.74 Å². The molecule has 1 amide bonds. The third kappa shape index (κ3) is 4.46. The van der Waals surface area contributed by atoms with E-state index >= 15 is 0 Å². The van der Waals surface area contributed by atoms with Gasteiger partial charge < -0.3 is 15.4 Å². The number of nitrogens with zero attached hydrogens (tertiary/aromatic N) is 3. The predicted molar refractivity (Wildman–Crippen MR) is 63.5 cm³/mol. The Hall–Kier alpha value is -1.53. The van der Waals surface area contributed by atoms with E-state index in [4.69, 9.17) is 10.5 Å². The quantitative estimate of drug-likeness (QED) is 0.672. The molecule has 0 aliphatic rings. The highest BCUT2D eigenvalue weighted by Crippen LogP contribution is 2.01. The molecule has 0 aliphatic carbocycles. The maximum Gasteiger partial charge on any atom is 0.257 e. The molecule has 2 N–H and O–H groups in total. The first-order chi connectivity index (χ1) is 8.29. The number of hydrogen-bond donors (Lipinski definition) is 1. The van der Waals surface area contributed by atoms with Gasteiger partial charge in [0.15, 0.2) is 0 Å². The van der Waals surface area contributed by atoms with Crippen molar-refractivity contribution in [2.45, 2.75) is 6.92 Å². The number of likely N-dealkylation sites (N-methyl/N-ethyl adjacent to an activating group) is 1. The first-order valence-electron chi connectivity index (χ1n) is 5.61. The van der Waals surface area contributed by atoms with Gasteiger partial charge >= 0.3 is 0 Å². The zero-order valence-electron chi connectivity index (χ0n) is 10.0. The van der Waals surface area contributed by atoms with E-state index in [9.17, 15) is 4.79 Å². The van der Waals surface area contributed by atoms with Gasteiger partial charge in [-0.15, -0.1) is 0 Å². The minimum Gasteiger partial charge on any atom is -0.378 e. The molecule has 0 bridgehead atoms. The van der Waals surface area contributed by atoms with E-state index in [1.54, 1.807) is 4.90 Å². The van der Waals surface area contributed by atoms with Crippen molar-refractivity contribution in [3.8, 4) is 0 Å². The highest BCUT2D eigenvalue weighted by Gasteiger charge is 2.13. The number of amides is 1.